The van der Waals surface area contributed by atoms with E-state index in [0.29, 0.717) is 17.0 Å². The fourth-order valence-corrected chi connectivity index (χ4v) is 5.45. The van der Waals surface area contributed by atoms with Crippen LogP contribution >= 0.6 is 11.6 Å². The average molecular weight is 529 g/mol. The Kier molecular flexibility index (Phi) is 7.11. The molecular formula is C22H27ClF6N4O2. The number of likely N-dealkylation sites (tertiary alicyclic amines) is 1. The maximum Gasteiger partial charge on any atom is 0.434 e. The van der Waals surface area contributed by atoms with Crippen LogP contribution in [0, 0.1) is 5.41 Å². The number of piperazine rings is 1. The van der Waals surface area contributed by atoms with Crippen molar-refractivity contribution in [3.05, 3.63) is 28.8 Å². The highest BCUT2D eigenvalue weighted by Crippen LogP contribution is 2.42. The molecule has 1 spiro atoms. The highest BCUT2D eigenvalue weighted by Gasteiger charge is 2.60. The Morgan fingerprint density at radius 1 is 1.03 bits per heavy atom. The van der Waals surface area contributed by atoms with Crippen LogP contribution in [0.1, 0.15) is 12.0 Å². The van der Waals surface area contributed by atoms with Crippen LogP contribution < -0.4 is 4.90 Å². The summed E-state index contributed by atoms with van der Waals surface area (Å²) in [7, 11) is 2.10. The van der Waals surface area contributed by atoms with Gasteiger partial charge in [-0.25, -0.2) is 4.79 Å². The van der Waals surface area contributed by atoms with Gasteiger partial charge >= 0.3 is 18.4 Å². The maximum absolute atomic E-state index is 12.7. The summed E-state index contributed by atoms with van der Waals surface area (Å²) in [6, 6.07) is 5.67. The first kappa shape index (κ1) is 26.2. The number of halogens is 7. The second kappa shape index (κ2) is 9.51. The minimum absolute atomic E-state index is 0.0383. The lowest BCUT2D eigenvalue weighted by Gasteiger charge is -2.46. The van der Waals surface area contributed by atoms with Gasteiger partial charge in [-0.2, -0.15) is 26.3 Å². The van der Waals surface area contributed by atoms with Gasteiger partial charge in [0.2, 0.25) is 0 Å². The molecule has 0 atom stereocenters. The van der Waals surface area contributed by atoms with Gasteiger partial charge in [-0.1, -0.05) is 17.7 Å². The quantitative estimate of drug-likeness (QED) is 0.547. The van der Waals surface area contributed by atoms with Gasteiger partial charge in [-0.3, -0.25) is 4.90 Å². The largest absolute Gasteiger partial charge is 0.434 e. The van der Waals surface area contributed by atoms with E-state index in [1.165, 1.54) is 0 Å². The van der Waals surface area contributed by atoms with Crippen molar-refractivity contribution in [1.29, 1.82) is 0 Å². The number of carbonyl (C=O) groups excluding carboxylic acids is 1. The molecule has 3 aliphatic rings. The fraction of sp³-hybridized carbons (Fsp3) is 0.682. The summed E-state index contributed by atoms with van der Waals surface area (Å²) in [5, 5.41) is 0.617. The molecule has 0 saturated carbocycles. The molecule has 0 radical (unpaired) electrons. The third-order valence-corrected chi connectivity index (χ3v) is 7.11. The first-order valence-corrected chi connectivity index (χ1v) is 11.7. The Bertz CT molecular complexity index is 916. The maximum atomic E-state index is 12.7. The highest BCUT2D eigenvalue weighted by atomic mass is 35.5. The smallest absolute Gasteiger partial charge is 0.426 e. The van der Waals surface area contributed by atoms with E-state index in [4.69, 9.17) is 11.6 Å². The van der Waals surface area contributed by atoms with Gasteiger partial charge < -0.3 is 19.4 Å². The van der Waals surface area contributed by atoms with Crippen molar-refractivity contribution >= 4 is 23.4 Å². The number of anilines is 1. The van der Waals surface area contributed by atoms with Crippen molar-refractivity contribution in [3.63, 3.8) is 0 Å². The van der Waals surface area contributed by atoms with E-state index < -0.39 is 24.5 Å². The van der Waals surface area contributed by atoms with E-state index in [9.17, 15) is 31.1 Å². The van der Waals surface area contributed by atoms with Gasteiger partial charge in [-0.15, -0.1) is 0 Å². The van der Waals surface area contributed by atoms with Crippen molar-refractivity contribution in [2.24, 2.45) is 5.41 Å². The minimum atomic E-state index is -5.73. The Morgan fingerprint density at radius 3 is 2.23 bits per heavy atom. The summed E-state index contributed by atoms with van der Waals surface area (Å²) in [5.41, 5.74) is 2.36. The van der Waals surface area contributed by atoms with Crippen LogP contribution in [0.2, 0.25) is 5.02 Å². The fourth-order valence-electron chi connectivity index (χ4n) is 5.29. The summed E-state index contributed by atoms with van der Waals surface area (Å²) in [6.45, 7) is 4.98. The van der Waals surface area contributed by atoms with Gasteiger partial charge in [0.15, 0.2) is 0 Å². The lowest BCUT2D eigenvalue weighted by Crippen LogP contribution is -2.55. The Hall–Kier alpha value is -1.92. The second-order valence-electron chi connectivity index (χ2n) is 9.73. The van der Waals surface area contributed by atoms with Crippen molar-refractivity contribution in [2.75, 3.05) is 64.3 Å². The van der Waals surface area contributed by atoms with E-state index in [-0.39, 0.29) is 26.2 Å². The van der Waals surface area contributed by atoms with Crippen molar-refractivity contribution in [2.45, 2.75) is 31.4 Å². The van der Waals surface area contributed by atoms with Gasteiger partial charge in [-0.05, 0) is 31.2 Å². The Balaban J connectivity index is 1.35. The van der Waals surface area contributed by atoms with Crippen LogP contribution in [0.25, 0.3) is 0 Å². The number of hydrogen-bond donors (Lipinski definition) is 0. The highest BCUT2D eigenvalue weighted by molar-refractivity contribution is 6.30. The molecule has 1 amide bonds. The van der Waals surface area contributed by atoms with Crippen LogP contribution in [0.15, 0.2) is 18.2 Å². The number of amides is 1. The number of nitrogens with zero attached hydrogens (tertiary/aromatic N) is 4. The van der Waals surface area contributed by atoms with Crippen LogP contribution in [0.5, 0.6) is 0 Å². The number of hydrogen-bond acceptors (Lipinski definition) is 5. The standard InChI is InChI=1S/C22H27ClF6N4O2/c1-30-12-20(13-30)4-5-33(14-20)17-10-16(23)3-2-15(17)11-31-6-8-32(9-7-31)19(34)35-18(21(24,25)26)22(27,28)29/h2-3,10,18H,4-9,11-14H2,1H3. The van der Waals surface area contributed by atoms with Crippen molar-refractivity contribution < 1.29 is 35.9 Å². The average Bonchev–Trinajstić information content (AvgIpc) is 3.17. The molecule has 4 rings (SSSR count). The van der Waals surface area contributed by atoms with E-state index in [1.54, 1.807) is 6.07 Å². The third-order valence-electron chi connectivity index (χ3n) is 6.87. The van der Waals surface area contributed by atoms with Crippen LogP contribution in [0.4, 0.5) is 36.8 Å². The summed E-state index contributed by atoms with van der Waals surface area (Å²) < 4.78 is 80.0. The van der Waals surface area contributed by atoms with Crippen molar-refractivity contribution in [3.8, 4) is 0 Å². The van der Waals surface area contributed by atoms with Crippen molar-refractivity contribution in [1.82, 2.24) is 14.7 Å². The molecule has 0 aromatic heterocycles. The molecule has 196 valence electrons. The number of benzene rings is 1. The molecule has 0 N–H and O–H groups in total. The zero-order valence-electron chi connectivity index (χ0n) is 19.1. The van der Waals surface area contributed by atoms with E-state index in [2.05, 4.69) is 21.6 Å². The molecule has 35 heavy (non-hydrogen) atoms. The summed E-state index contributed by atoms with van der Waals surface area (Å²) in [6.07, 6.45) is -16.1. The molecule has 0 aliphatic carbocycles. The monoisotopic (exact) mass is 528 g/mol. The lowest BCUT2D eigenvalue weighted by molar-refractivity contribution is -0.308. The zero-order chi connectivity index (χ0) is 25.6. The lowest BCUT2D eigenvalue weighted by atomic mass is 9.79. The normalized spacial score (nSPS) is 21.6. The molecule has 13 heteroatoms. The molecule has 6 nitrogen and oxygen atoms in total. The van der Waals surface area contributed by atoms with Crippen LogP contribution in [-0.4, -0.2) is 98.7 Å². The van der Waals surface area contributed by atoms with Gasteiger partial charge in [0, 0.05) is 75.0 Å². The van der Waals surface area contributed by atoms with Gasteiger partial charge in [0.1, 0.15) is 0 Å². The van der Waals surface area contributed by atoms with Gasteiger partial charge in [0.25, 0.3) is 6.10 Å². The molecular weight excluding hydrogens is 502 g/mol. The molecule has 3 fully saturated rings. The first-order chi connectivity index (χ1) is 16.3. The zero-order valence-corrected chi connectivity index (χ0v) is 19.9. The SMILES string of the molecule is CN1CC2(CCN(c3cc(Cl)ccc3CN3CCN(C(=O)OC(C(F)(F)F)C(F)(F)F)CC3)C2)C1. The summed E-state index contributed by atoms with van der Waals surface area (Å²) in [5.74, 6) is 0. The van der Waals surface area contributed by atoms with Gasteiger partial charge in [0.05, 0.1) is 0 Å². The predicted octanol–water partition coefficient (Wildman–Crippen LogP) is 4.23. The molecule has 1 aromatic carbocycles. The number of alkyl halides is 6. The molecule has 0 unspecified atom stereocenters. The number of carbonyl (C=O) groups is 1. The first-order valence-electron chi connectivity index (χ1n) is 11.3. The number of rotatable bonds is 4. The molecule has 0 bridgehead atoms. The Morgan fingerprint density at radius 2 is 1.66 bits per heavy atom. The third kappa shape index (κ3) is 5.91. The Labute approximate surface area is 204 Å². The topological polar surface area (TPSA) is 39.3 Å². The minimum Gasteiger partial charge on any atom is -0.426 e. The van der Waals surface area contributed by atoms with E-state index in [0.717, 1.165) is 48.8 Å². The van der Waals surface area contributed by atoms with Crippen LogP contribution in [-0.2, 0) is 11.3 Å². The number of ether oxygens (including phenoxy) is 1. The van der Waals surface area contributed by atoms with E-state index in [1.807, 2.05) is 17.0 Å². The second-order valence-corrected chi connectivity index (χ2v) is 10.2. The predicted molar refractivity (Wildman–Crippen MR) is 117 cm³/mol. The molecule has 1 aromatic rings. The molecule has 3 saturated heterocycles. The summed E-state index contributed by atoms with van der Waals surface area (Å²) >= 11 is 6.27. The molecule has 3 aliphatic heterocycles. The summed E-state index contributed by atoms with van der Waals surface area (Å²) in [4.78, 5) is 19.5. The molecule has 3 heterocycles. The van der Waals surface area contributed by atoms with E-state index >= 15 is 0 Å². The van der Waals surface area contributed by atoms with Crippen LogP contribution in [0.3, 0.4) is 0 Å².